The Balaban J connectivity index is 1.90. The van der Waals surface area contributed by atoms with Gasteiger partial charge in [-0.2, -0.15) is 0 Å². The molecule has 0 radical (unpaired) electrons. The number of halogens is 1. The van der Waals surface area contributed by atoms with Gasteiger partial charge < -0.3 is 14.7 Å². The maximum absolute atomic E-state index is 14.6. The smallest absolute Gasteiger partial charge is 0.340 e. The molecule has 4 aliphatic rings. The van der Waals surface area contributed by atoms with Crippen molar-refractivity contribution in [3.8, 4) is 5.75 Å². The van der Waals surface area contributed by atoms with Crippen molar-refractivity contribution in [2.24, 2.45) is 0 Å². The standard InChI is InChI=1S/C20H12FNO4/c21-13-7-3-8-14-16(13)22-10-4-5-11-17(23)15(19(24)25)12-6-1-2-9-20(12,26-14)18(11)22/h1-9H,10H2,(H,24,25). The number of hydrogen-bond donors (Lipinski definition) is 1. The quantitative estimate of drug-likeness (QED) is 0.790. The maximum atomic E-state index is 14.6. The van der Waals surface area contributed by atoms with Crippen molar-refractivity contribution in [1.29, 1.82) is 0 Å². The van der Waals surface area contributed by atoms with E-state index >= 15 is 0 Å². The van der Waals surface area contributed by atoms with E-state index in [2.05, 4.69) is 0 Å². The highest BCUT2D eigenvalue weighted by molar-refractivity contribution is 6.27. The molecule has 128 valence electrons. The van der Waals surface area contributed by atoms with E-state index in [1.807, 2.05) is 0 Å². The monoisotopic (exact) mass is 349 g/mol. The molecule has 5 nitrogen and oxygen atoms in total. The summed E-state index contributed by atoms with van der Waals surface area (Å²) >= 11 is 0. The fraction of sp³-hybridized carbons (Fsp3) is 0.100. The second-order valence-electron chi connectivity index (χ2n) is 6.34. The normalized spacial score (nSPS) is 25.0. The van der Waals surface area contributed by atoms with Crippen LogP contribution in [0.25, 0.3) is 0 Å². The molecular weight excluding hydrogens is 337 g/mol. The molecule has 26 heavy (non-hydrogen) atoms. The number of carboxylic acid groups (broad SMARTS) is 1. The molecule has 0 aromatic heterocycles. The number of fused-ring (bicyclic) bond motifs is 2. The summed E-state index contributed by atoms with van der Waals surface area (Å²) in [7, 11) is 0. The summed E-state index contributed by atoms with van der Waals surface area (Å²) in [5.74, 6) is -2.06. The lowest BCUT2D eigenvalue weighted by Crippen LogP contribution is -2.54. The molecule has 2 aliphatic heterocycles. The van der Waals surface area contributed by atoms with Crippen molar-refractivity contribution < 1.29 is 23.8 Å². The van der Waals surface area contributed by atoms with Crippen LogP contribution in [-0.2, 0) is 9.59 Å². The number of benzene rings is 1. The average molecular weight is 349 g/mol. The van der Waals surface area contributed by atoms with Gasteiger partial charge in [0.05, 0.1) is 5.70 Å². The van der Waals surface area contributed by atoms with Gasteiger partial charge in [-0.25, -0.2) is 9.18 Å². The van der Waals surface area contributed by atoms with Crippen LogP contribution in [-0.4, -0.2) is 29.0 Å². The van der Waals surface area contributed by atoms with Crippen LogP contribution in [0.2, 0.25) is 0 Å². The van der Waals surface area contributed by atoms with Gasteiger partial charge in [0.25, 0.3) is 0 Å². The first-order valence-corrected chi connectivity index (χ1v) is 8.09. The molecule has 1 atom stereocenters. The fourth-order valence-electron chi connectivity index (χ4n) is 4.03. The molecule has 0 saturated carbocycles. The number of rotatable bonds is 1. The Hall–Kier alpha value is -3.41. The Morgan fingerprint density at radius 2 is 2.12 bits per heavy atom. The molecule has 1 aromatic carbocycles. The molecule has 0 amide bonds. The van der Waals surface area contributed by atoms with Crippen molar-refractivity contribution >= 4 is 17.4 Å². The van der Waals surface area contributed by atoms with Crippen molar-refractivity contribution in [3.63, 3.8) is 0 Å². The third-order valence-corrected chi connectivity index (χ3v) is 5.00. The molecule has 1 N–H and O–H groups in total. The molecule has 0 bridgehead atoms. The first kappa shape index (κ1) is 14.9. The second-order valence-corrected chi connectivity index (χ2v) is 6.34. The number of nitrogens with zero attached hydrogens (tertiary/aromatic N) is 1. The van der Waals surface area contributed by atoms with E-state index in [1.54, 1.807) is 47.4 Å². The lowest BCUT2D eigenvalue weighted by atomic mass is 9.72. The molecule has 5 rings (SSSR count). The summed E-state index contributed by atoms with van der Waals surface area (Å²) in [6.45, 7) is 0.360. The van der Waals surface area contributed by atoms with Crippen LogP contribution >= 0.6 is 0 Å². The van der Waals surface area contributed by atoms with Gasteiger partial charge in [-0.05, 0) is 18.2 Å². The topological polar surface area (TPSA) is 66.8 Å². The Labute approximate surface area is 147 Å². The number of carboxylic acids is 1. The summed E-state index contributed by atoms with van der Waals surface area (Å²) in [6, 6.07) is 4.51. The van der Waals surface area contributed by atoms with E-state index in [0.29, 0.717) is 18.0 Å². The van der Waals surface area contributed by atoms with Crippen LogP contribution in [0.15, 0.2) is 77.1 Å². The molecule has 2 aliphatic carbocycles. The van der Waals surface area contributed by atoms with E-state index < -0.39 is 23.2 Å². The van der Waals surface area contributed by atoms with Gasteiger partial charge in [0, 0.05) is 17.7 Å². The van der Waals surface area contributed by atoms with Crippen LogP contribution < -0.4 is 9.64 Å². The van der Waals surface area contributed by atoms with Gasteiger partial charge in [-0.3, -0.25) is 4.79 Å². The van der Waals surface area contributed by atoms with Gasteiger partial charge in [-0.1, -0.05) is 36.4 Å². The van der Waals surface area contributed by atoms with Crippen LogP contribution in [0, 0.1) is 5.82 Å². The third-order valence-electron chi connectivity index (χ3n) is 5.00. The number of carbonyl (C=O) groups is 2. The number of allylic oxidation sites excluding steroid dienone is 4. The molecule has 1 spiro atoms. The summed E-state index contributed by atoms with van der Waals surface area (Å²) in [4.78, 5) is 26.4. The van der Waals surface area contributed by atoms with Crippen molar-refractivity contribution in [1.82, 2.24) is 0 Å². The minimum absolute atomic E-state index is 0.214. The Morgan fingerprint density at radius 1 is 1.27 bits per heavy atom. The van der Waals surface area contributed by atoms with Gasteiger partial charge in [0.2, 0.25) is 5.78 Å². The molecule has 1 unspecified atom stereocenters. The van der Waals surface area contributed by atoms with Crippen molar-refractivity contribution in [2.45, 2.75) is 5.60 Å². The lowest BCUT2D eigenvalue weighted by molar-refractivity contribution is -0.134. The number of Topliss-reactive ketones (excluding diaryl/α,β-unsaturated/α-hetero) is 1. The fourth-order valence-corrected chi connectivity index (χ4v) is 4.03. The summed E-state index contributed by atoms with van der Waals surface area (Å²) in [5, 5.41) is 9.66. The predicted molar refractivity (Wildman–Crippen MR) is 91.2 cm³/mol. The second kappa shape index (κ2) is 4.82. The van der Waals surface area contributed by atoms with Gasteiger partial charge >= 0.3 is 5.97 Å². The summed E-state index contributed by atoms with van der Waals surface area (Å²) in [5.41, 5.74) is -0.405. The van der Waals surface area contributed by atoms with Crippen molar-refractivity contribution in [3.05, 3.63) is 82.9 Å². The number of carbonyl (C=O) groups excluding carboxylic acids is 1. The summed E-state index contributed by atoms with van der Waals surface area (Å²) in [6.07, 6.45) is 10.0. The van der Waals surface area contributed by atoms with E-state index in [0.717, 1.165) is 0 Å². The van der Waals surface area contributed by atoms with Crippen LogP contribution in [0.5, 0.6) is 5.75 Å². The Morgan fingerprint density at radius 3 is 2.92 bits per heavy atom. The number of para-hydroxylation sites is 1. The van der Waals surface area contributed by atoms with Crippen LogP contribution in [0.1, 0.15) is 0 Å². The molecule has 6 heteroatoms. The zero-order chi connectivity index (χ0) is 18.1. The molecule has 2 heterocycles. The Bertz CT molecular complexity index is 1060. The van der Waals surface area contributed by atoms with E-state index in [-0.39, 0.29) is 22.4 Å². The highest BCUT2D eigenvalue weighted by Crippen LogP contribution is 2.53. The number of hydrogen-bond acceptors (Lipinski definition) is 4. The van der Waals surface area contributed by atoms with Crippen LogP contribution in [0.4, 0.5) is 10.1 Å². The zero-order valence-electron chi connectivity index (χ0n) is 13.4. The van der Waals surface area contributed by atoms with Gasteiger partial charge in [0.1, 0.15) is 17.0 Å². The first-order chi connectivity index (χ1) is 12.5. The first-order valence-electron chi connectivity index (χ1n) is 8.09. The molecule has 0 saturated heterocycles. The number of anilines is 1. The minimum Gasteiger partial charge on any atom is -0.478 e. The predicted octanol–water partition coefficient (Wildman–Crippen LogP) is 2.68. The number of aliphatic carboxylic acids is 1. The van der Waals surface area contributed by atoms with E-state index in [9.17, 15) is 19.1 Å². The third kappa shape index (κ3) is 1.63. The highest BCUT2D eigenvalue weighted by Gasteiger charge is 2.54. The zero-order valence-corrected chi connectivity index (χ0v) is 13.4. The molecule has 0 fully saturated rings. The Kier molecular flexibility index (Phi) is 2.76. The number of ether oxygens (including phenoxy) is 1. The van der Waals surface area contributed by atoms with Gasteiger partial charge in [-0.15, -0.1) is 0 Å². The maximum Gasteiger partial charge on any atom is 0.340 e. The van der Waals surface area contributed by atoms with E-state index in [4.69, 9.17) is 4.74 Å². The SMILES string of the molecule is O=C(O)C1=C2C=CC=CC23Oc2cccc(F)c2N2CC=CC(=C23)C1=O. The lowest BCUT2D eigenvalue weighted by Gasteiger charge is -2.50. The summed E-state index contributed by atoms with van der Waals surface area (Å²) < 4.78 is 20.7. The average Bonchev–Trinajstić information content (AvgIpc) is 2.62. The largest absolute Gasteiger partial charge is 0.478 e. The van der Waals surface area contributed by atoms with Gasteiger partial charge in [0.15, 0.2) is 11.4 Å². The minimum atomic E-state index is -1.31. The highest BCUT2D eigenvalue weighted by atomic mass is 19.1. The van der Waals surface area contributed by atoms with Crippen LogP contribution in [0.3, 0.4) is 0 Å². The molecule has 1 aromatic rings. The van der Waals surface area contributed by atoms with E-state index in [1.165, 1.54) is 12.1 Å². The van der Waals surface area contributed by atoms with Crippen molar-refractivity contribution in [2.75, 3.05) is 11.4 Å². The molecular formula is C20H12FNO4. The number of ketones is 1.